The van der Waals surface area contributed by atoms with Crippen molar-refractivity contribution in [2.75, 3.05) is 39.5 Å². The van der Waals surface area contributed by atoms with Crippen molar-refractivity contribution in [3.05, 3.63) is 35.5 Å². The van der Waals surface area contributed by atoms with E-state index in [9.17, 15) is 4.39 Å². The van der Waals surface area contributed by atoms with Crippen molar-refractivity contribution < 1.29 is 18.4 Å². The summed E-state index contributed by atoms with van der Waals surface area (Å²) in [5.74, 6) is 0.704. The maximum absolute atomic E-state index is 13.9. The average Bonchev–Trinajstić information content (AvgIpc) is 3.08. The zero-order chi connectivity index (χ0) is 18.9. The van der Waals surface area contributed by atoms with Gasteiger partial charge in [-0.05, 0) is 38.3 Å². The normalized spacial score (nSPS) is 21.9. The van der Waals surface area contributed by atoms with Crippen LogP contribution in [0.1, 0.15) is 37.3 Å². The molecule has 4 rings (SSSR count). The number of ether oxygens (including phenoxy) is 2. The standard InChI is InChI=1S/C20H26FN3O3/c1-14-3-4-16(11-17(14)21)18-22-19(27-23-18)15(2)24-7-10-26-13-20(12-24)5-8-25-9-6-20/h3-4,11,15H,5-10,12-13H2,1-2H3. The molecule has 7 heteroatoms. The maximum Gasteiger partial charge on any atom is 0.244 e. The van der Waals surface area contributed by atoms with Crippen LogP contribution in [0.25, 0.3) is 11.4 Å². The lowest BCUT2D eigenvalue weighted by Gasteiger charge is -2.39. The second-order valence-corrected chi connectivity index (χ2v) is 7.73. The molecular formula is C20H26FN3O3. The molecular weight excluding hydrogens is 349 g/mol. The Labute approximate surface area is 158 Å². The van der Waals surface area contributed by atoms with Gasteiger partial charge in [-0.15, -0.1) is 0 Å². The Balaban J connectivity index is 1.52. The summed E-state index contributed by atoms with van der Waals surface area (Å²) in [4.78, 5) is 6.89. The van der Waals surface area contributed by atoms with Gasteiger partial charge in [0.2, 0.25) is 11.7 Å². The third-order valence-electron chi connectivity index (χ3n) is 5.80. The smallest absolute Gasteiger partial charge is 0.244 e. The van der Waals surface area contributed by atoms with E-state index in [1.807, 2.05) is 6.07 Å². The highest BCUT2D eigenvalue weighted by Gasteiger charge is 2.38. The second-order valence-electron chi connectivity index (χ2n) is 7.73. The highest BCUT2D eigenvalue weighted by molar-refractivity contribution is 5.54. The van der Waals surface area contributed by atoms with Gasteiger partial charge < -0.3 is 14.0 Å². The van der Waals surface area contributed by atoms with Crippen molar-refractivity contribution >= 4 is 0 Å². The van der Waals surface area contributed by atoms with Crippen molar-refractivity contribution in [3.8, 4) is 11.4 Å². The van der Waals surface area contributed by atoms with Crippen LogP contribution in [0.5, 0.6) is 0 Å². The van der Waals surface area contributed by atoms with Gasteiger partial charge in [0.05, 0.1) is 19.3 Å². The highest BCUT2D eigenvalue weighted by Crippen LogP contribution is 2.36. The molecule has 2 aliphatic rings. The van der Waals surface area contributed by atoms with Gasteiger partial charge in [-0.3, -0.25) is 4.90 Å². The molecule has 1 aromatic carbocycles. The number of nitrogens with zero attached hydrogens (tertiary/aromatic N) is 3. The highest BCUT2D eigenvalue weighted by atomic mass is 19.1. The Morgan fingerprint density at radius 1 is 1.19 bits per heavy atom. The van der Waals surface area contributed by atoms with Crippen molar-refractivity contribution in [1.29, 1.82) is 0 Å². The van der Waals surface area contributed by atoms with E-state index >= 15 is 0 Å². The molecule has 2 aliphatic heterocycles. The second kappa shape index (κ2) is 7.66. The zero-order valence-corrected chi connectivity index (χ0v) is 15.9. The van der Waals surface area contributed by atoms with E-state index in [0.29, 0.717) is 29.4 Å². The number of aryl methyl sites for hydroxylation is 1. The predicted molar refractivity (Wildman–Crippen MR) is 97.7 cm³/mol. The number of hydrogen-bond donors (Lipinski definition) is 0. The largest absolute Gasteiger partial charge is 0.381 e. The summed E-state index contributed by atoms with van der Waals surface area (Å²) in [5, 5.41) is 4.07. The number of hydrogen-bond acceptors (Lipinski definition) is 6. The molecule has 3 heterocycles. The average molecular weight is 375 g/mol. The zero-order valence-electron chi connectivity index (χ0n) is 15.9. The number of rotatable bonds is 3. The fraction of sp³-hybridized carbons (Fsp3) is 0.600. The molecule has 2 aromatic rings. The summed E-state index contributed by atoms with van der Waals surface area (Å²) >= 11 is 0. The van der Waals surface area contributed by atoms with E-state index in [1.165, 1.54) is 6.07 Å². The minimum Gasteiger partial charge on any atom is -0.381 e. The van der Waals surface area contributed by atoms with Crippen LogP contribution in [-0.2, 0) is 9.47 Å². The Morgan fingerprint density at radius 2 is 2.00 bits per heavy atom. The lowest BCUT2D eigenvalue weighted by Crippen LogP contribution is -2.43. The van der Waals surface area contributed by atoms with Crippen LogP contribution in [0.2, 0.25) is 0 Å². The van der Waals surface area contributed by atoms with Gasteiger partial charge in [0.1, 0.15) is 5.82 Å². The van der Waals surface area contributed by atoms with Crippen LogP contribution in [-0.4, -0.2) is 54.6 Å². The SMILES string of the molecule is Cc1ccc(-c2noc(C(C)N3CCOCC4(CCOCC4)C3)n2)cc1F. The Morgan fingerprint density at radius 3 is 2.78 bits per heavy atom. The third kappa shape index (κ3) is 3.90. The van der Waals surface area contributed by atoms with Gasteiger partial charge in [0, 0.05) is 37.3 Å². The Kier molecular flexibility index (Phi) is 5.25. The van der Waals surface area contributed by atoms with Crippen LogP contribution < -0.4 is 0 Å². The minimum atomic E-state index is -0.266. The van der Waals surface area contributed by atoms with Crippen LogP contribution in [0.4, 0.5) is 4.39 Å². The molecule has 0 N–H and O–H groups in total. The van der Waals surface area contributed by atoms with Crippen molar-refractivity contribution in [1.82, 2.24) is 15.0 Å². The number of halogens is 1. The quantitative estimate of drug-likeness (QED) is 0.820. The molecule has 0 amide bonds. The van der Waals surface area contributed by atoms with E-state index < -0.39 is 0 Å². The molecule has 0 bridgehead atoms. The first-order valence-electron chi connectivity index (χ1n) is 9.56. The van der Waals surface area contributed by atoms with Crippen LogP contribution in [0, 0.1) is 18.2 Å². The van der Waals surface area contributed by atoms with Crippen molar-refractivity contribution in [2.45, 2.75) is 32.7 Å². The fourth-order valence-corrected chi connectivity index (χ4v) is 3.87. The summed E-state index contributed by atoms with van der Waals surface area (Å²) in [6, 6.07) is 4.97. The van der Waals surface area contributed by atoms with Gasteiger partial charge in [0.25, 0.3) is 0 Å². The molecule has 2 fully saturated rings. The van der Waals surface area contributed by atoms with Gasteiger partial charge in [-0.1, -0.05) is 17.3 Å². The van der Waals surface area contributed by atoms with Crippen LogP contribution >= 0.6 is 0 Å². The minimum absolute atomic E-state index is 0.0250. The molecule has 6 nitrogen and oxygen atoms in total. The monoisotopic (exact) mass is 375 g/mol. The molecule has 27 heavy (non-hydrogen) atoms. The molecule has 146 valence electrons. The van der Waals surface area contributed by atoms with Gasteiger partial charge in [-0.2, -0.15) is 4.98 Å². The van der Waals surface area contributed by atoms with Gasteiger partial charge in [0.15, 0.2) is 0 Å². The van der Waals surface area contributed by atoms with E-state index in [1.54, 1.807) is 13.0 Å². The molecule has 1 unspecified atom stereocenters. The summed E-state index contributed by atoms with van der Waals surface area (Å²) in [5.41, 5.74) is 1.36. The van der Waals surface area contributed by atoms with Crippen molar-refractivity contribution in [2.24, 2.45) is 5.41 Å². The van der Waals surface area contributed by atoms with E-state index in [2.05, 4.69) is 22.0 Å². The molecule has 1 spiro atoms. The Bertz CT molecular complexity index is 789. The molecule has 0 saturated carbocycles. The molecule has 2 saturated heterocycles. The van der Waals surface area contributed by atoms with Crippen LogP contribution in [0.3, 0.4) is 0 Å². The fourth-order valence-electron chi connectivity index (χ4n) is 3.87. The predicted octanol–water partition coefficient (Wildman–Crippen LogP) is 3.37. The molecule has 1 atom stereocenters. The summed E-state index contributed by atoms with van der Waals surface area (Å²) in [6.07, 6.45) is 2.02. The summed E-state index contributed by atoms with van der Waals surface area (Å²) in [6.45, 7) is 8.59. The topological polar surface area (TPSA) is 60.6 Å². The summed E-state index contributed by atoms with van der Waals surface area (Å²) in [7, 11) is 0. The van der Waals surface area contributed by atoms with Gasteiger partial charge in [-0.25, -0.2) is 4.39 Å². The first-order valence-corrected chi connectivity index (χ1v) is 9.56. The summed E-state index contributed by atoms with van der Waals surface area (Å²) < 4.78 is 30.8. The Hall–Kier alpha value is -1.83. The van der Waals surface area contributed by atoms with Gasteiger partial charge >= 0.3 is 0 Å². The lowest BCUT2D eigenvalue weighted by atomic mass is 9.80. The lowest BCUT2D eigenvalue weighted by molar-refractivity contribution is -0.0345. The number of benzene rings is 1. The number of aromatic nitrogens is 2. The molecule has 0 aliphatic carbocycles. The van der Waals surface area contributed by atoms with E-state index in [0.717, 1.165) is 45.8 Å². The van der Waals surface area contributed by atoms with Crippen LogP contribution in [0.15, 0.2) is 22.7 Å². The first-order chi connectivity index (χ1) is 13.1. The first kappa shape index (κ1) is 18.5. The third-order valence-corrected chi connectivity index (χ3v) is 5.80. The van der Waals surface area contributed by atoms with Crippen molar-refractivity contribution in [3.63, 3.8) is 0 Å². The maximum atomic E-state index is 13.9. The van der Waals surface area contributed by atoms with E-state index in [-0.39, 0.29) is 17.3 Å². The molecule has 0 radical (unpaired) electrons. The molecule has 1 aromatic heterocycles. The van der Waals surface area contributed by atoms with E-state index in [4.69, 9.17) is 14.0 Å².